The predicted molar refractivity (Wildman–Crippen MR) is 561 cm³/mol. The van der Waals surface area contributed by atoms with Crippen molar-refractivity contribution in [1.29, 1.82) is 10.5 Å². The van der Waals surface area contributed by atoms with Crippen molar-refractivity contribution in [3.8, 4) is 204 Å². The molecule has 3 aromatic heterocycles. The van der Waals surface area contributed by atoms with E-state index in [1.165, 1.54) is 83.3 Å². The van der Waals surface area contributed by atoms with Crippen LogP contribution in [0.15, 0.2) is 425 Å². The molecule has 0 aliphatic heterocycles. The third kappa shape index (κ3) is 16.6. The van der Waals surface area contributed by atoms with Gasteiger partial charge in [-0.2, -0.15) is 10.5 Å². The summed E-state index contributed by atoms with van der Waals surface area (Å²) >= 11 is 0. The van der Waals surface area contributed by atoms with Crippen LogP contribution in [-0.2, 0) is 16.2 Å². The molecule has 0 radical (unpaired) electrons. The van der Waals surface area contributed by atoms with E-state index in [1.54, 1.807) is 0 Å². The Morgan fingerprint density at radius 1 is 0.187 bits per heavy atom. The zero-order valence-electron chi connectivity index (χ0n) is 77.3. The molecule has 12 heteroatoms. The summed E-state index contributed by atoms with van der Waals surface area (Å²) in [6, 6.07) is 151. The predicted octanol–water partition coefficient (Wildman–Crippen LogP) is 31.3. The van der Waals surface area contributed by atoms with Crippen LogP contribution in [0.4, 0.5) is 5.69 Å². The van der Waals surface area contributed by atoms with Crippen LogP contribution in [0.2, 0.25) is 0 Å². The first-order chi connectivity index (χ1) is 67.9. The standard InChI is InChI=1S/C49H34N4.C41H28N4.C37H26N4/c1-49(2)44-29-32(31-50)13-27-42(44)43-28-26-41(30-45(43)49)37-18-24-40(25-19-37)48-52-46(38-20-14-35(15-21-38)33-9-5-3-6-10-33)51-47(53-48)39-22-16-36(17-23-39)34-11-7-4-8-12-34;1-41(2)36-22-26(25-42)12-20-34(36)35-21-19-32(24-37(35)41)28-13-16-30(17-14-28)39-43-38(29-9-4-3-5-10-29)44-40(45-39)33-18-15-27-8-6-7-11-31(27)23-33;1-37(2)32-21-18-28(22-31(32)30-20-19-29(38-3)23-33(30)37)24-14-16-27(17-15-24)36-40-34(25-10-6-4-7-11-25)39-35(41-36)26-12-8-5-9-13-26/h3-30H,1-2H3;3-24H,1-2H3;4-23H,1-2H3. The summed E-state index contributed by atoms with van der Waals surface area (Å²) in [5.41, 5.74) is 36.2. The Hall–Kier alpha value is -18.3. The van der Waals surface area contributed by atoms with Gasteiger partial charge in [0.1, 0.15) is 0 Å². The van der Waals surface area contributed by atoms with E-state index in [0.29, 0.717) is 69.2 Å². The molecule has 18 aromatic carbocycles. The molecular formula is C127H88N12. The fraction of sp³-hybridized carbons (Fsp3) is 0.0709. The minimum absolute atomic E-state index is 0.140. The summed E-state index contributed by atoms with van der Waals surface area (Å²) in [5, 5.41) is 21.3. The number of rotatable bonds is 14. The first-order valence-corrected chi connectivity index (χ1v) is 46.6. The number of hydrogen-bond donors (Lipinski definition) is 0. The van der Waals surface area contributed by atoms with Gasteiger partial charge in [-0.05, 0) is 182 Å². The summed E-state index contributed by atoms with van der Waals surface area (Å²) < 4.78 is 0. The van der Waals surface area contributed by atoms with Crippen LogP contribution in [0.25, 0.3) is 207 Å². The molecule has 139 heavy (non-hydrogen) atoms. The van der Waals surface area contributed by atoms with Crippen LogP contribution in [0.1, 0.15) is 86.1 Å². The number of benzene rings is 18. The highest BCUT2D eigenvalue weighted by Crippen LogP contribution is 2.54. The molecule has 0 saturated heterocycles. The molecule has 12 nitrogen and oxygen atoms in total. The van der Waals surface area contributed by atoms with Gasteiger partial charge in [0.2, 0.25) is 0 Å². The molecule has 656 valence electrons. The van der Waals surface area contributed by atoms with E-state index >= 15 is 0 Å². The minimum Gasteiger partial charge on any atom is -0.238 e. The minimum atomic E-state index is -0.205. The molecule has 0 N–H and O–H groups in total. The van der Waals surface area contributed by atoms with Crippen molar-refractivity contribution in [1.82, 2.24) is 44.9 Å². The third-order valence-corrected chi connectivity index (χ3v) is 27.3. The van der Waals surface area contributed by atoms with E-state index in [1.807, 2.05) is 152 Å². The van der Waals surface area contributed by atoms with Gasteiger partial charge < -0.3 is 0 Å². The highest BCUT2D eigenvalue weighted by Gasteiger charge is 2.39. The van der Waals surface area contributed by atoms with Crippen molar-refractivity contribution in [2.45, 2.75) is 57.8 Å². The number of aromatic nitrogens is 9. The molecule has 0 amide bonds. The smallest absolute Gasteiger partial charge is 0.187 e. The highest BCUT2D eigenvalue weighted by atomic mass is 15.1. The summed E-state index contributed by atoms with van der Waals surface area (Å²) in [5.74, 6) is 5.75. The maximum Gasteiger partial charge on any atom is 0.187 e. The molecule has 3 aliphatic rings. The molecular weight excluding hydrogens is 1690 g/mol. The molecule has 0 unspecified atom stereocenters. The summed E-state index contributed by atoms with van der Waals surface area (Å²) in [6.07, 6.45) is 0. The van der Waals surface area contributed by atoms with E-state index in [0.717, 1.165) is 100.0 Å². The lowest BCUT2D eigenvalue weighted by atomic mass is 9.81. The van der Waals surface area contributed by atoms with Gasteiger partial charge in [0.05, 0.1) is 29.8 Å². The third-order valence-electron chi connectivity index (χ3n) is 27.3. The van der Waals surface area contributed by atoms with Crippen molar-refractivity contribution in [3.05, 3.63) is 481 Å². The largest absolute Gasteiger partial charge is 0.238 e. The molecule has 3 aliphatic carbocycles. The second-order valence-electron chi connectivity index (χ2n) is 36.9. The fourth-order valence-corrected chi connectivity index (χ4v) is 19.7. The lowest BCUT2D eigenvalue weighted by molar-refractivity contribution is 0.660. The van der Waals surface area contributed by atoms with Crippen molar-refractivity contribution < 1.29 is 0 Å². The lowest BCUT2D eigenvalue weighted by Crippen LogP contribution is -2.15. The average Bonchev–Trinajstić information content (AvgIpc) is 1.58. The quantitative estimate of drug-likeness (QED) is 0.0950. The first-order valence-electron chi connectivity index (χ1n) is 46.6. The van der Waals surface area contributed by atoms with Gasteiger partial charge in [-0.25, -0.2) is 49.7 Å². The summed E-state index contributed by atoms with van der Waals surface area (Å²) in [7, 11) is 0. The van der Waals surface area contributed by atoms with Gasteiger partial charge in [0.15, 0.2) is 58.1 Å². The summed E-state index contributed by atoms with van der Waals surface area (Å²) in [6.45, 7) is 20.9. The zero-order chi connectivity index (χ0) is 94.5. The molecule has 0 bridgehead atoms. The van der Waals surface area contributed by atoms with E-state index in [2.05, 4.69) is 332 Å². The van der Waals surface area contributed by atoms with Crippen LogP contribution < -0.4 is 0 Å². The second kappa shape index (κ2) is 35.9. The molecule has 0 spiro atoms. The Balaban J connectivity index is 0.000000121. The normalized spacial score (nSPS) is 12.7. The first kappa shape index (κ1) is 86.1. The Labute approximate surface area is 808 Å². The Morgan fingerprint density at radius 2 is 0.417 bits per heavy atom. The lowest BCUT2D eigenvalue weighted by Gasteiger charge is -2.22. The number of nitriles is 2. The van der Waals surface area contributed by atoms with Crippen LogP contribution in [-0.4, -0.2) is 44.9 Å². The molecule has 24 rings (SSSR count). The second-order valence-corrected chi connectivity index (χ2v) is 36.9. The topological polar surface area (TPSA) is 168 Å². The van der Waals surface area contributed by atoms with Crippen LogP contribution in [0, 0.1) is 29.2 Å². The van der Waals surface area contributed by atoms with Crippen LogP contribution in [0.5, 0.6) is 0 Å². The molecule has 0 fully saturated rings. The Bertz CT molecular complexity index is 8320. The van der Waals surface area contributed by atoms with Gasteiger partial charge in [-0.3, -0.25) is 0 Å². The molecule has 3 heterocycles. The maximum atomic E-state index is 9.54. The van der Waals surface area contributed by atoms with Gasteiger partial charge in [0.25, 0.3) is 0 Å². The Morgan fingerprint density at radius 3 is 0.763 bits per heavy atom. The van der Waals surface area contributed by atoms with Crippen molar-refractivity contribution >= 4 is 16.5 Å². The number of hydrogen-bond acceptors (Lipinski definition) is 11. The van der Waals surface area contributed by atoms with E-state index in [-0.39, 0.29) is 16.2 Å². The van der Waals surface area contributed by atoms with Gasteiger partial charge in [0, 0.05) is 66.3 Å². The van der Waals surface area contributed by atoms with Gasteiger partial charge in [-0.15, -0.1) is 0 Å². The van der Waals surface area contributed by atoms with E-state index in [4.69, 9.17) is 51.4 Å². The van der Waals surface area contributed by atoms with Crippen molar-refractivity contribution in [2.24, 2.45) is 0 Å². The van der Waals surface area contributed by atoms with Crippen LogP contribution >= 0.6 is 0 Å². The maximum absolute atomic E-state index is 9.54. The van der Waals surface area contributed by atoms with Gasteiger partial charge >= 0.3 is 0 Å². The van der Waals surface area contributed by atoms with Crippen LogP contribution in [0.3, 0.4) is 0 Å². The van der Waals surface area contributed by atoms with Gasteiger partial charge in [-0.1, -0.05) is 418 Å². The van der Waals surface area contributed by atoms with Crippen molar-refractivity contribution in [3.63, 3.8) is 0 Å². The Kier molecular flexibility index (Phi) is 22.3. The number of fused-ring (bicyclic) bond motifs is 10. The highest BCUT2D eigenvalue weighted by molar-refractivity contribution is 5.91. The monoisotopic (exact) mass is 1780 g/mol. The SMILES string of the molecule is CC1(C)c2cc(C#N)ccc2-c2ccc(-c3ccc(-c4nc(-c5ccc(-c6ccccc6)cc5)nc(-c5ccc(-c6ccccc6)cc5)n4)cc3)cc21.CC1(C)c2cc(C#N)ccc2-c2ccc(-c3ccc(-c4nc(-c5ccccc5)nc(-c5ccc6ccccc6c5)n4)cc3)cc21.[C-]#[N+]c1ccc2c(c1)C(C)(C)c1ccc(-c3ccc(-c4nc(-c5ccccc5)nc(-c5ccccc5)n4)cc3)cc1-2. The average molecular weight is 1780 g/mol. The molecule has 21 aromatic rings. The van der Waals surface area contributed by atoms with E-state index in [9.17, 15) is 10.5 Å². The summed E-state index contributed by atoms with van der Waals surface area (Å²) in [4.78, 5) is 48.0. The fourth-order valence-electron chi connectivity index (χ4n) is 19.7. The van der Waals surface area contributed by atoms with Crippen molar-refractivity contribution in [2.75, 3.05) is 0 Å². The zero-order valence-corrected chi connectivity index (χ0v) is 77.3. The number of nitrogens with zero attached hydrogens (tertiary/aromatic N) is 12. The molecule has 0 atom stereocenters. The van der Waals surface area contributed by atoms with E-state index < -0.39 is 0 Å². The molecule has 0 saturated carbocycles.